The summed E-state index contributed by atoms with van der Waals surface area (Å²) < 4.78 is 0. The molecule has 1 fully saturated rings. The van der Waals surface area contributed by atoms with Crippen LogP contribution in [0.15, 0.2) is 18.3 Å². The first-order valence-corrected chi connectivity index (χ1v) is 6.73. The second kappa shape index (κ2) is 5.57. The molecule has 1 saturated heterocycles. The number of aliphatic hydroxyl groups is 1. The van der Waals surface area contributed by atoms with E-state index >= 15 is 0 Å². The zero-order valence-electron chi connectivity index (χ0n) is 11.5. The van der Waals surface area contributed by atoms with Gasteiger partial charge in [-0.1, -0.05) is 6.92 Å². The van der Waals surface area contributed by atoms with Gasteiger partial charge in [0.05, 0.1) is 17.5 Å². The number of hydrogen-bond acceptors (Lipinski definition) is 4. The summed E-state index contributed by atoms with van der Waals surface area (Å²) in [4.78, 5) is 18.0. The molecule has 104 valence electrons. The Hall–Kier alpha value is -1.62. The molecule has 0 bridgehead atoms. The van der Waals surface area contributed by atoms with Crippen molar-refractivity contribution in [3.05, 3.63) is 24.0 Å². The number of rotatable bonds is 4. The molecule has 2 rings (SSSR count). The van der Waals surface area contributed by atoms with Crippen molar-refractivity contribution in [2.45, 2.75) is 32.3 Å². The number of carbonyl (C=O) groups is 1. The Bertz CT molecular complexity index is 443. The van der Waals surface area contributed by atoms with Crippen LogP contribution < -0.4 is 5.32 Å². The lowest BCUT2D eigenvalue weighted by Gasteiger charge is -2.18. The topological polar surface area (TPSA) is 65.5 Å². The highest BCUT2D eigenvalue weighted by atomic mass is 16.3. The number of anilines is 1. The molecule has 0 spiro atoms. The van der Waals surface area contributed by atoms with Gasteiger partial charge >= 0.3 is 0 Å². The minimum atomic E-state index is -0.766. The Morgan fingerprint density at radius 2 is 2.37 bits per heavy atom. The van der Waals surface area contributed by atoms with Crippen LogP contribution in [0.3, 0.4) is 0 Å². The van der Waals surface area contributed by atoms with Gasteiger partial charge in [-0.3, -0.25) is 4.79 Å². The molecule has 5 nitrogen and oxygen atoms in total. The Balaban J connectivity index is 2.00. The first-order chi connectivity index (χ1) is 9.02. The molecule has 0 aromatic carbocycles. The quantitative estimate of drug-likeness (QED) is 0.864. The highest BCUT2D eigenvalue weighted by Crippen LogP contribution is 2.21. The largest absolute Gasteiger partial charge is 0.388 e. The van der Waals surface area contributed by atoms with Gasteiger partial charge in [0.2, 0.25) is 0 Å². The second-order valence-corrected chi connectivity index (χ2v) is 5.33. The van der Waals surface area contributed by atoms with Gasteiger partial charge in [0.1, 0.15) is 5.69 Å². The van der Waals surface area contributed by atoms with Crippen LogP contribution in [-0.4, -0.2) is 46.1 Å². The van der Waals surface area contributed by atoms with Crippen LogP contribution >= 0.6 is 0 Å². The molecule has 0 saturated carbocycles. The van der Waals surface area contributed by atoms with Crippen molar-refractivity contribution in [2.24, 2.45) is 0 Å². The van der Waals surface area contributed by atoms with Crippen molar-refractivity contribution in [1.82, 2.24) is 9.88 Å². The zero-order valence-corrected chi connectivity index (χ0v) is 11.5. The van der Waals surface area contributed by atoms with E-state index in [4.69, 9.17) is 0 Å². The second-order valence-electron chi connectivity index (χ2n) is 5.33. The van der Waals surface area contributed by atoms with Gasteiger partial charge < -0.3 is 15.3 Å². The fourth-order valence-electron chi connectivity index (χ4n) is 2.17. The molecule has 2 N–H and O–H groups in total. The van der Waals surface area contributed by atoms with Crippen molar-refractivity contribution < 1.29 is 9.90 Å². The van der Waals surface area contributed by atoms with Crippen LogP contribution in [0.1, 0.15) is 37.2 Å². The van der Waals surface area contributed by atoms with Gasteiger partial charge in [-0.15, -0.1) is 0 Å². The van der Waals surface area contributed by atoms with Gasteiger partial charge in [-0.25, -0.2) is 4.98 Å². The molecule has 5 heteroatoms. The van der Waals surface area contributed by atoms with Crippen LogP contribution in [0.5, 0.6) is 0 Å². The first-order valence-electron chi connectivity index (χ1n) is 6.73. The van der Waals surface area contributed by atoms with Gasteiger partial charge in [0.25, 0.3) is 5.91 Å². The molecule has 1 aromatic rings. The fourth-order valence-corrected chi connectivity index (χ4v) is 2.17. The average Bonchev–Trinajstić information content (AvgIpc) is 2.76. The van der Waals surface area contributed by atoms with Crippen molar-refractivity contribution in [3.8, 4) is 0 Å². The van der Waals surface area contributed by atoms with E-state index in [-0.39, 0.29) is 5.91 Å². The minimum Gasteiger partial charge on any atom is -0.388 e. The number of hydrogen-bond donors (Lipinski definition) is 2. The lowest BCUT2D eigenvalue weighted by Crippen LogP contribution is -2.34. The monoisotopic (exact) mass is 263 g/mol. The molecule has 1 amide bonds. The number of nitrogens with zero attached hydrogens (tertiary/aromatic N) is 2. The van der Waals surface area contributed by atoms with E-state index in [0.29, 0.717) is 25.2 Å². The lowest BCUT2D eigenvalue weighted by molar-refractivity contribution is 0.0569. The number of pyridine rings is 1. The summed E-state index contributed by atoms with van der Waals surface area (Å²) in [7, 11) is 0. The van der Waals surface area contributed by atoms with Gasteiger partial charge in [-0.2, -0.15) is 0 Å². The normalized spacial score (nSPS) is 22.6. The van der Waals surface area contributed by atoms with Crippen LogP contribution in [0.2, 0.25) is 0 Å². The fraction of sp³-hybridized carbons (Fsp3) is 0.571. The summed E-state index contributed by atoms with van der Waals surface area (Å²) in [5.41, 5.74) is 0.588. The number of β-amino-alcohol motifs (C(OH)–C–C–N with tert-alkyl or cyclic N) is 1. The molecule has 19 heavy (non-hydrogen) atoms. The standard InChI is InChI=1S/C14H21N3O2/c1-3-7-15-11-4-5-12(16-9-11)13(18)17-8-6-14(2,19)10-17/h4-5,9,15,19H,3,6-8,10H2,1-2H3. The Morgan fingerprint density at radius 3 is 2.89 bits per heavy atom. The predicted octanol–water partition coefficient (Wildman–Crippen LogP) is 1.50. The van der Waals surface area contributed by atoms with E-state index in [0.717, 1.165) is 18.7 Å². The molecule has 0 radical (unpaired) electrons. The average molecular weight is 263 g/mol. The predicted molar refractivity (Wildman–Crippen MR) is 74.2 cm³/mol. The van der Waals surface area contributed by atoms with Crippen LogP contribution in [0, 0.1) is 0 Å². The van der Waals surface area contributed by atoms with Gasteiger partial charge in [-0.05, 0) is 31.9 Å². The number of carbonyl (C=O) groups excluding carboxylic acids is 1. The zero-order chi connectivity index (χ0) is 13.9. The molecule has 2 heterocycles. The summed E-state index contributed by atoms with van der Waals surface area (Å²) in [6.45, 7) is 5.71. The minimum absolute atomic E-state index is 0.111. The molecule has 1 aromatic heterocycles. The molecular weight excluding hydrogens is 242 g/mol. The van der Waals surface area contributed by atoms with Crippen molar-refractivity contribution in [2.75, 3.05) is 25.0 Å². The van der Waals surface area contributed by atoms with Crippen molar-refractivity contribution in [3.63, 3.8) is 0 Å². The molecule has 1 atom stereocenters. The lowest BCUT2D eigenvalue weighted by atomic mass is 10.1. The highest BCUT2D eigenvalue weighted by molar-refractivity contribution is 5.92. The smallest absolute Gasteiger partial charge is 0.272 e. The van der Waals surface area contributed by atoms with Crippen LogP contribution in [-0.2, 0) is 0 Å². The highest BCUT2D eigenvalue weighted by Gasteiger charge is 2.34. The number of likely N-dealkylation sites (tertiary alicyclic amines) is 1. The number of nitrogens with one attached hydrogen (secondary N) is 1. The summed E-state index contributed by atoms with van der Waals surface area (Å²) in [6, 6.07) is 3.59. The third-order valence-electron chi connectivity index (χ3n) is 3.30. The summed E-state index contributed by atoms with van der Waals surface area (Å²) in [5.74, 6) is -0.111. The Morgan fingerprint density at radius 1 is 1.58 bits per heavy atom. The molecule has 1 aliphatic heterocycles. The van der Waals surface area contributed by atoms with E-state index in [1.54, 1.807) is 24.1 Å². The third-order valence-corrected chi connectivity index (χ3v) is 3.30. The Labute approximate surface area is 113 Å². The maximum atomic E-state index is 12.2. The van der Waals surface area contributed by atoms with Gasteiger partial charge in [0, 0.05) is 19.6 Å². The first kappa shape index (κ1) is 13.8. The van der Waals surface area contributed by atoms with Crippen molar-refractivity contribution >= 4 is 11.6 Å². The molecule has 1 aliphatic rings. The van der Waals surface area contributed by atoms with Crippen LogP contribution in [0.4, 0.5) is 5.69 Å². The van der Waals surface area contributed by atoms with Crippen LogP contribution in [0.25, 0.3) is 0 Å². The maximum Gasteiger partial charge on any atom is 0.272 e. The van der Waals surface area contributed by atoms with Gasteiger partial charge in [0.15, 0.2) is 0 Å². The molecule has 1 unspecified atom stereocenters. The van der Waals surface area contributed by atoms with E-state index in [9.17, 15) is 9.90 Å². The SMILES string of the molecule is CCCNc1ccc(C(=O)N2CCC(C)(O)C2)nc1. The van der Waals surface area contributed by atoms with Crippen molar-refractivity contribution in [1.29, 1.82) is 0 Å². The summed E-state index contributed by atoms with van der Waals surface area (Å²) in [5, 5.41) is 13.1. The third kappa shape index (κ3) is 3.44. The van der Waals surface area contributed by atoms with E-state index < -0.39 is 5.60 Å². The molecule has 0 aliphatic carbocycles. The van der Waals surface area contributed by atoms with E-state index in [1.165, 1.54) is 0 Å². The number of aromatic nitrogens is 1. The Kier molecular flexibility index (Phi) is 4.04. The summed E-state index contributed by atoms with van der Waals surface area (Å²) >= 11 is 0. The maximum absolute atomic E-state index is 12.2. The van der Waals surface area contributed by atoms with E-state index in [1.807, 2.05) is 6.07 Å². The molecular formula is C14H21N3O2. The summed E-state index contributed by atoms with van der Waals surface area (Å²) in [6.07, 6.45) is 3.34. The number of amides is 1. The van der Waals surface area contributed by atoms with E-state index in [2.05, 4.69) is 17.2 Å².